The highest BCUT2D eigenvalue weighted by Gasteiger charge is 2.16. The molecule has 2 aromatic carbocycles. The molecule has 2 rings (SSSR count). The second-order valence-corrected chi connectivity index (χ2v) is 5.34. The average molecular weight is 337 g/mol. The van der Waals surface area contributed by atoms with Gasteiger partial charge in [-0.15, -0.1) is 0 Å². The first-order chi connectivity index (χ1) is 9.51. The second-order valence-electron chi connectivity index (χ2n) is 4.42. The monoisotopic (exact) mass is 336 g/mol. The maximum atomic E-state index is 13.4. The molecule has 0 radical (unpaired) electrons. The van der Waals surface area contributed by atoms with Crippen LogP contribution in [0.3, 0.4) is 0 Å². The molecule has 2 nitrogen and oxygen atoms in total. The zero-order valence-electron chi connectivity index (χ0n) is 11.2. The van der Waals surface area contributed by atoms with Crippen molar-refractivity contribution in [2.45, 2.75) is 13.8 Å². The molecule has 0 fully saturated rings. The molecule has 0 spiro atoms. The smallest absolute Gasteiger partial charge is 0.196 e. The normalized spacial score (nSPS) is 10.4. The van der Waals surface area contributed by atoms with E-state index in [-0.39, 0.29) is 5.78 Å². The summed E-state index contributed by atoms with van der Waals surface area (Å²) in [5.74, 6) is -0.165. The first-order valence-corrected chi connectivity index (χ1v) is 7.05. The van der Waals surface area contributed by atoms with Gasteiger partial charge in [-0.1, -0.05) is 15.9 Å². The first kappa shape index (κ1) is 14.7. The van der Waals surface area contributed by atoms with Crippen LogP contribution in [0.5, 0.6) is 5.75 Å². The number of aryl methyl sites for hydroxylation is 1. The van der Waals surface area contributed by atoms with E-state index in [9.17, 15) is 9.18 Å². The molecule has 0 aliphatic carbocycles. The van der Waals surface area contributed by atoms with Crippen molar-refractivity contribution >= 4 is 21.7 Å². The zero-order valence-corrected chi connectivity index (χ0v) is 12.8. The van der Waals surface area contributed by atoms with E-state index in [1.165, 1.54) is 12.1 Å². The predicted molar refractivity (Wildman–Crippen MR) is 79.9 cm³/mol. The summed E-state index contributed by atoms with van der Waals surface area (Å²) in [6, 6.07) is 9.52. The lowest BCUT2D eigenvalue weighted by Gasteiger charge is -2.10. The molecule has 4 heteroatoms. The zero-order chi connectivity index (χ0) is 14.7. The van der Waals surface area contributed by atoms with Gasteiger partial charge in [0, 0.05) is 10.0 Å². The number of ketones is 1. The van der Waals surface area contributed by atoms with E-state index in [1.54, 1.807) is 31.2 Å². The van der Waals surface area contributed by atoms with Crippen LogP contribution in [0.25, 0.3) is 0 Å². The second kappa shape index (κ2) is 6.18. The minimum Gasteiger partial charge on any atom is -0.493 e. The van der Waals surface area contributed by atoms with Crippen molar-refractivity contribution in [2.24, 2.45) is 0 Å². The van der Waals surface area contributed by atoms with Crippen molar-refractivity contribution in [1.82, 2.24) is 0 Å². The van der Waals surface area contributed by atoms with Crippen molar-refractivity contribution in [3.05, 3.63) is 63.4 Å². The number of rotatable bonds is 4. The summed E-state index contributed by atoms with van der Waals surface area (Å²) in [4.78, 5) is 12.5. The highest BCUT2D eigenvalue weighted by Crippen LogP contribution is 2.26. The van der Waals surface area contributed by atoms with Crippen molar-refractivity contribution in [3.8, 4) is 5.75 Å². The summed E-state index contributed by atoms with van der Waals surface area (Å²) in [7, 11) is 0. The number of carbonyl (C=O) groups excluding carboxylic acids is 1. The topological polar surface area (TPSA) is 26.3 Å². The van der Waals surface area contributed by atoms with Crippen molar-refractivity contribution in [3.63, 3.8) is 0 Å². The standard InChI is InChI=1S/C16H14BrFO2/c1-3-20-15-5-4-12(17)9-14(15)16(19)11-6-10(2)7-13(18)8-11/h4-9H,3H2,1-2H3. The Hall–Kier alpha value is -1.68. The largest absolute Gasteiger partial charge is 0.493 e. The Morgan fingerprint density at radius 3 is 2.65 bits per heavy atom. The predicted octanol–water partition coefficient (Wildman–Crippen LogP) is 4.53. The van der Waals surface area contributed by atoms with E-state index in [0.717, 1.165) is 4.47 Å². The molecule has 0 aliphatic heterocycles. The first-order valence-electron chi connectivity index (χ1n) is 6.25. The highest BCUT2D eigenvalue weighted by atomic mass is 79.9. The molecular formula is C16H14BrFO2. The van der Waals surface area contributed by atoms with Gasteiger partial charge in [-0.2, -0.15) is 0 Å². The molecule has 0 unspecified atom stereocenters. The number of hydrogen-bond acceptors (Lipinski definition) is 2. The summed E-state index contributed by atoms with van der Waals surface area (Å²) in [6.45, 7) is 4.07. The lowest BCUT2D eigenvalue weighted by atomic mass is 10.0. The van der Waals surface area contributed by atoms with E-state index in [1.807, 2.05) is 6.92 Å². The molecule has 0 atom stereocenters. The Morgan fingerprint density at radius 2 is 2.00 bits per heavy atom. The van der Waals surface area contributed by atoms with Crippen LogP contribution >= 0.6 is 15.9 Å². The van der Waals surface area contributed by atoms with Gasteiger partial charge < -0.3 is 4.74 Å². The van der Waals surface area contributed by atoms with Gasteiger partial charge in [-0.25, -0.2) is 4.39 Å². The Balaban J connectivity index is 2.49. The van der Waals surface area contributed by atoms with Gasteiger partial charge in [0.25, 0.3) is 0 Å². The van der Waals surface area contributed by atoms with Crippen molar-refractivity contribution in [1.29, 1.82) is 0 Å². The lowest BCUT2D eigenvalue weighted by molar-refractivity contribution is 0.103. The molecule has 20 heavy (non-hydrogen) atoms. The molecule has 0 N–H and O–H groups in total. The van der Waals surface area contributed by atoms with Crippen LogP contribution in [-0.4, -0.2) is 12.4 Å². The van der Waals surface area contributed by atoms with Gasteiger partial charge in [0.1, 0.15) is 11.6 Å². The maximum Gasteiger partial charge on any atom is 0.196 e. The Labute approximate surface area is 125 Å². The fraction of sp³-hybridized carbons (Fsp3) is 0.188. The average Bonchev–Trinajstić information content (AvgIpc) is 2.39. The fourth-order valence-corrected chi connectivity index (χ4v) is 2.35. The number of hydrogen-bond donors (Lipinski definition) is 0. The van der Waals surface area contributed by atoms with Crippen LogP contribution in [0.2, 0.25) is 0 Å². The number of halogens is 2. The van der Waals surface area contributed by atoms with E-state index >= 15 is 0 Å². The molecule has 0 saturated carbocycles. The Kier molecular flexibility index (Phi) is 4.55. The summed E-state index contributed by atoms with van der Waals surface area (Å²) in [5.41, 5.74) is 1.45. The third kappa shape index (κ3) is 3.25. The van der Waals surface area contributed by atoms with Gasteiger partial charge in [0.2, 0.25) is 0 Å². The summed E-state index contributed by atoms with van der Waals surface area (Å²) < 4.78 is 19.7. The number of benzene rings is 2. The van der Waals surface area contributed by atoms with Crippen LogP contribution in [0.1, 0.15) is 28.4 Å². The molecule has 0 bridgehead atoms. The number of ether oxygens (including phenoxy) is 1. The molecule has 0 heterocycles. The van der Waals surface area contributed by atoms with Crippen LogP contribution in [0.4, 0.5) is 4.39 Å². The van der Waals surface area contributed by atoms with Gasteiger partial charge >= 0.3 is 0 Å². The van der Waals surface area contributed by atoms with E-state index in [4.69, 9.17) is 4.74 Å². The minimum atomic E-state index is -0.415. The third-order valence-corrected chi connectivity index (χ3v) is 3.28. The van der Waals surface area contributed by atoms with E-state index < -0.39 is 5.82 Å². The van der Waals surface area contributed by atoms with Gasteiger partial charge in [-0.05, 0) is 55.8 Å². The molecule has 2 aromatic rings. The van der Waals surface area contributed by atoms with Crippen LogP contribution in [0.15, 0.2) is 40.9 Å². The SMILES string of the molecule is CCOc1ccc(Br)cc1C(=O)c1cc(C)cc(F)c1. The summed E-state index contributed by atoms with van der Waals surface area (Å²) in [5, 5.41) is 0. The van der Waals surface area contributed by atoms with Crippen molar-refractivity contribution < 1.29 is 13.9 Å². The quantitative estimate of drug-likeness (QED) is 0.767. The number of carbonyl (C=O) groups is 1. The lowest BCUT2D eigenvalue weighted by Crippen LogP contribution is -2.06. The van der Waals surface area contributed by atoms with Crippen LogP contribution in [0, 0.1) is 12.7 Å². The third-order valence-electron chi connectivity index (χ3n) is 2.79. The molecule has 0 saturated heterocycles. The highest BCUT2D eigenvalue weighted by molar-refractivity contribution is 9.10. The van der Waals surface area contributed by atoms with Crippen molar-refractivity contribution in [2.75, 3.05) is 6.61 Å². The Morgan fingerprint density at radius 1 is 1.25 bits per heavy atom. The summed E-state index contributed by atoms with van der Waals surface area (Å²) in [6.07, 6.45) is 0. The minimum absolute atomic E-state index is 0.252. The van der Waals surface area contributed by atoms with E-state index in [0.29, 0.717) is 29.0 Å². The van der Waals surface area contributed by atoms with Crippen LogP contribution < -0.4 is 4.74 Å². The van der Waals surface area contributed by atoms with Gasteiger partial charge in [0.15, 0.2) is 5.78 Å². The maximum absolute atomic E-state index is 13.4. The van der Waals surface area contributed by atoms with Crippen LogP contribution in [-0.2, 0) is 0 Å². The van der Waals surface area contributed by atoms with Gasteiger partial charge in [0.05, 0.1) is 12.2 Å². The van der Waals surface area contributed by atoms with E-state index in [2.05, 4.69) is 15.9 Å². The fourth-order valence-electron chi connectivity index (χ4n) is 1.98. The molecular weight excluding hydrogens is 323 g/mol. The Bertz CT molecular complexity index is 633. The van der Waals surface area contributed by atoms with Gasteiger partial charge in [-0.3, -0.25) is 4.79 Å². The molecule has 104 valence electrons. The summed E-state index contributed by atoms with van der Waals surface area (Å²) >= 11 is 3.34. The molecule has 0 amide bonds. The molecule has 0 aliphatic rings. The molecule has 0 aromatic heterocycles.